The Balaban J connectivity index is 2.42. The highest BCUT2D eigenvalue weighted by Crippen LogP contribution is 2.33. The normalized spacial score (nSPS) is 17.8. The molecule has 0 saturated carbocycles. The maximum atomic E-state index is 7.97. The van der Waals surface area contributed by atoms with Crippen LogP contribution in [-0.4, -0.2) is 29.1 Å². The smallest absolute Gasteiger partial charge is 0.162 e. The number of nitrogen functional groups attached to an aromatic ring is 1. The Labute approximate surface area is 127 Å². The summed E-state index contributed by atoms with van der Waals surface area (Å²) in [5.74, 6) is 0.906. The van der Waals surface area contributed by atoms with Crippen LogP contribution < -0.4 is 10.6 Å². The number of amidine groups is 1. The minimum atomic E-state index is 0.108. The van der Waals surface area contributed by atoms with Gasteiger partial charge in [-0.3, -0.25) is 5.41 Å². The van der Waals surface area contributed by atoms with Crippen LogP contribution in [0.15, 0.2) is 0 Å². The van der Waals surface area contributed by atoms with Crippen LogP contribution in [0, 0.1) is 10.8 Å². The van der Waals surface area contributed by atoms with Crippen LogP contribution in [0.3, 0.4) is 0 Å². The molecular formula is C16H27N5. The first-order valence-electron chi connectivity index (χ1n) is 7.87. The lowest BCUT2D eigenvalue weighted by Crippen LogP contribution is -2.39. The molecule has 2 rings (SSSR count). The van der Waals surface area contributed by atoms with Gasteiger partial charge in [0.2, 0.25) is 0 Å². The average Bonchev–Trinajstić information content (AvgIpc) is 2.45. The zero-order chi connectivity index (χ0) is 15.6. The van der Waals surface area contributed by atoms with Crippen molar-refractivity contribution in [2.75, 3.05) is 18.0 Å². The molecule has 0 atom stereocenters. The van der Waals surface area contributed by atoms with Gasteiger partial charge >= 0.3 is 0 Å². The number of aryl methyl sites for hydroxylation is 1. The number of nitrogens with one attached hydrogen (secondary N) is 1. The molecule has 116 valence electrons. The van der Waals surface area contributed by atoms with Gasteiger partial charge in [0.15, 0.2) is 5.82 Å². The molecule has 1 aromatic rings. The summed E-state index contributed by atoms with van der Waals surface area (Å²) in [4.78, 5) is 2.24. The molecule has 5 heteroatoms. The van der Waals surface area contributed by atoms with Gasteiger partial charge in [-0.1, -0.05) is 27.7 Å². The van der Waals surface area contributed by atoms with Crippen molar-refractivity contribution in [1.82, 2.24) is 10.2 Å². The molecule has 0 radical (unpaired) electrons. The van der Waals surface area contributed by atoms with Crippen LogP contribution in [0.1, 0.15) is 57.4 Å². The molecule has 0 unspecified atom stereocenters. The third-order valence-corrected chi connectivity index (χ3v) is 4.51. The third kappa shape index (κ3) is 3.17. The van der Waals surface area contributed by atoms with E-state index in [1.807, 2.05) is 0 Å². The van der Waals surface area contributed by atoms with Gasteiger partial charge in [0.1, 0.15) is 5.84 Å². The molecule has 0 aliphatic carbocycles. The minimum absolute atomic E-state index is 0.108. The number of aromatic nitrogens is 2. The van der Waals surface area contributed by atoms with E-state index in [4.69, 9.17) is 11.1 Å². The molecule has 2 heterocycles. The molecule has 1 aromatic heterocycles. The number of nitrogens with zero attached hydrogens (tertiary/aromatic N) is 3. The second kappa shape index (κ2) is 6.00. The Kier molecular flexibility index (Phi) is 4.49. The summed E-state index contributed by atoms with van der Waals surface area (Å²) < 4.78 is 0. The second-order valence-corrected chi connectivity index (χ2v) is 6.60. The number of hydrogen-bond donors (Lipinski definition) is 2. The molecule has 1 saturated heterocycles. The highest BCUT2D eigenvalue weighted by Gasteiger charge is 2.29. The average molecular weight is 289 g/mol. The van der Waals surface area contributed by atoms with Crippen molar-refractivity contribution in [3.05, 3.63) is 16.8 Å². The van der Waals surface area contributed by atoms with E-state index in [1.54, 1.807) is 0 Å². The van der Waals surface area contributed by atoms with Crippen molar-refractivity contribution in [2.24, 2.45) is 11.1 Å². The summed E-state index contributed by atoms with van der Waals surface area (Å²) in [6, 6.07) is 0. The molecule has 1 aliphatic rings. The Morgan fingerprint density at radius 2 is 1.81 bits per heavy atom. The van der Waals surface area contributed by atoms with Crippen molar-refractivity contribution in [3.8, 4) is 0 Å². The topological polar surface area (TPSA) is 78.9 Å². The van der Waals surface area contributed by atoms with Gasteiger partial charge in [-0.2, -0.15) is 5.10 Å². The number of piperidine rings is 1. The first kappa shape index (κ1) is 15.7. The molecule has 1 aliphatic heterocycles. The van der Waals surface area contributed by atoms with E-state index in [0.717, 1.165) is 61.4 Å². The van der Waals surface area contributed by atoms with E-state index in [2.05, 4.69) is 42.8 Å². The summed E-state index contributed by atoms with van der Waals surface area (Å²) in [6.45, 7) is 10.7. The molecule has 5 nitrogen and oxygen atoms in total. The lowest BCUT2D eigenvalue weighted by atomic mass is 9.82. The summed E-state index contributed by atoms with van der Waals surface area (Å²) in [7, 11) is 0. The molecular weight excluding hydrogens is 262 g/mol. The molecule has 0 bridgehead atoms. The Hall–Kier alpha value is -1.65. The van der Waals surface area contributed by atoms with Crippen molar-refractivity contribution >= 4 is 11.7 Å². The quantitative estimate of drug-likeness (QED) is 0.659. The van der Waals surface area contributed by atoms with Gasteiger partial charge in [0.05, 0.1) is 11.3 Å². The van der Waals surface area contributed by atoms with Crippen LogP contribution in [0.25, 0.3) is 0 Å². The summed E-state index contributed by atoms with van der Waals surface area (Å²) in [6.07, 6.45) is 3.91. The second-order valence-electron chi connectivity index (χ2n) is 6.60. The van der Waals surface area contributed by atoms with Gasteiger partial charge in [-0.25, -0.2) is 0 Å². The summed E-state index contributed by atoms with van der Waals surface area (Å²) in [5.41, 5.74) is 9.09. The van der Waals surface area contributed by atoms with E-state index in [-0.39, 0.29) is 5.84 Å². The maximum Gasteiger partial charge on any atom is 0.162 e. The fraction of sp³-hybridized carbons (Fsp3) is 0.688. The number of anilines is 1. The largest absolute Gasteiger partial charge is 0.384 e. The molecule has 0 amide bonds. The van der Waals surface area contributed by atoms with Gasteiger partial charge < -0.3 is 10.6 Å². The van der Waals surface area contributed by atoms with Gasteiger partial charge in [0, 0.05) is 13.1 Å². The van der Waals surface area contributed by atoms with Crippen LogP contribution >= 0.6 is 0 Å². The predicted molar refractivity (Wildman–Crippen MR) is 87.0 cm³/mol. The fourth-order valence-corrected chi connectivity index (χ4v) is 2.99. The minimum Gasteiger partial charge on any atom is -0.384 e. The molecule has 1 fully saturated rings. The molecule has 21 heavy (non-hydrogen) atoms. The lowest BCUT2D eigenvalue weighted by Gasteiger charge is -2.38. The van der Waals surface area contributed by atoms with Crippen molar-refractivity contribution in [1.29, 1.82) is 5.41 Å². The maximum absolute atomic E-state index is 7.97. The van der Waals surface area contributed by atoms with E-state index >= 15 is 0 Å². The summed E-state index contributed by atoms with van der Waals surface area (Å²) >= 11 is 0. The van der Waals surface area contributed by atoms with Crippen molar-refractivity contribution in [3.63, 3.8) is 0 Å². The highest BCUT2D eigenvalue weighted by atomic mass is 15.3. The van der Waals surface area contributed by atoms with E-state index in [9.17, 15) is 0 Å². The van der Waals surface area contributed by atoms with E-state index in [0.29, 0.717) is 5.41 Å². The zero-order valence-corrected chi connectivity index (χ0v) is 13.7. The standard InChI is InChI=1S/C16H27N5/c1-5-11-12(6-2)19-20-15(13(11)14(17)18)21-9-7-16(3,4)8-10-21/h5-10H2,1-4H3,(H3,17,18). The van der Waals surface area contributed by atoms with Crippen LogP contribution in [0.4, 0.5) is 5.82 Å². The third-order valence-electron chi connectivity index (χ3n) is 4.51. The van der Waals surface area contributed by atoms with Crippen LogP contribution in [0.2, 0.25) is 0 Å². The SMILES string of the molecule is CCc1nnc(N2CCC(C)(C)CC2)c(C(=N)N)c1CC. The Morgan fingerprint density at radius 3 is 2.29 bits per heavy atom. The Morgan fingerprint density at radius 1 is 1.19 bits per heavy atom. The zero-order valence-electron chi connectivity index (χ0n) is 13.7. The number of nitrogens with two attached hydrogens (primary N) is 1. The molecule has 0 aromatic carbocycles. The highest BCUT2D eigenvalue weighted by molar-refractivity contribution is 6.01. The van der Waals surface area contributed by atoms with Crippen molar-refractivity contribution < 1.29 is 0 Å². The van der Waals surface area contributed by atoms with Gasteiger partial charge in [-0.15, -0.1) is 5.10 Å². The van der Waals surface area contributed by atoms with Gasteiger partial charge in [-0.05, 0) is 36.7 Å². The van der Waals surface area contributed by atoms with E-state index in [1.165, 1.54) is 0 Å². The monoisotopic (exact) mass is 289 g/mol. The summed E-state index contributed by atoms with van der Waals surface area (Å²) in [5, 5.41) is 16.8. The number of hydrogen-bond acceptors (Lipinski definition) is 4. The first-order valence-corrected chi connectivity index (χ1v) is 7.87. The van der Waals surface area contributed by atoms with Crippen LogP contribution in [-0.2, 0) is 12.8 Å². The fourth-order valence-electron chi connectivity index (χ4n) is 2.99. The predicted octanol–water partition coefficient (Wildman–Crippen LogP) is 2.51. The van der Waals surface area contributed by atoms with Gasteiger partial charge in [0.25, 0.3) is 0 Å². The lowest BCUT2D eigenvalue weighted by molar-refractivity contribution is 0.279. The van der Waals surface area contributed by atoms with Crippen molar-refractivity contribution in [2.45, 2.75) is 53.4 Å². The Bertz CT molecular complexity index is 526. The first-order chi connectivity index (χ1) is 9.89. The number of rotatable bonds is 4. The van der Waals surface area contributed by atoms with E-state index < -0.39 is 0 Å². The van der Waals surface area contributed by atoms with Crippen LogP contribution in [0.5, 0.6) is 0 Å². The molecule has 0 spiro atoms. The molecule has 3 N–H and O–H groups in total.